The summed E-state index contributed by atoms with van der Waals surface area (Å²) >= 11 is 6.82. The zero-order chi connectivity index (χ0) is 17.4. The number of halogens is 2. The lowest BCUT2D eigenvalue weighted by molar-refractivity contribution is 1.32. The van der Waals surface area contributed by atoms with Crippen molar-refractivity contribution in [3.8, 4) is 0 Å². The first kappa shape index (κ1) is 23.7. The van der Waals surface area contributed by atoms with E-state index < -0.39 is 0 Å². The summed E-state index contributed by atoms with van der Waals surface area (Å²) in [6.07, 6.45) is 0. The summed E-state index contributed by atoms with van der Waals surface area (Å²) in [7, 11) is 0. The van der Waals surface area contributed by atoms with Gasteiger partial charge in [0.05, 0.1) is 0 Å². The fourth-order valence-corrected chi connectivity index (χ4v) is 2.78. The van der Waals surface area contributed by atoms with Gasteiger partial charge in [-0.25, -0.2) is 0 Å². The van der Waals surface area contributed by atoms with E-state index in [1.807, 2.05) is 27.7 Å². The lowest BCUT2D eigenvalue weighted by Crippen LogP contribution is -1.80. The van der Waals surface area contributed by atoms with Crippen LogP contribution in [0.4, 0.5) is 0 Å². The van der Waals surface area contributed by atoms with Gasteiger partial charge in [-0.1, -0.05) is 108 Å². The predicted molar refractivity (Wildman–Crippen MR) is 110 cm³/mol. The Labute approximate surface area is 154 Å². The molecule has 0 saturated heterocycles. The topological polar surface area (TPSA) is 0 Å². The summed E-state index contributed by atoms with van der Waals surface area (Å²) in [5.74, 6) is 0. The molecule has 0 saturated carbocycles. The van der Waals surface area contributed by atoms with E-state index in [9.17, 15) is 0 Å². The first-order valence-electron chi connectivity index (χ1n) is 7.90. The molecule has 0 aliphatic carbocycles. The van der Waals surface area contributed by atoms with Crippen molar-refractivity contribution in [3.05, 3.63) is 70.8 Å². The highest BCUT2D eigenvalue weighted by Crippen LogP contribution is 2.10. The number of hydrogen-bond acceptors (Lipinski definition) is 0. The first-order valence-corrected chi connectivity index (χ1v) is 10.1. The van der Waals surface area contributed by atoms with Crippen LogP contribution in [0.3, 0.4) is 0 Å². The molecule has 0 amide bonds. The van der Waals surface area contributed by atoms with Gasteiger partial charge >= 0.3 is 0 Å². The third-order valence-electron chi connectivity index (χ3n) is 2.81. The zero-order valence-corrected chi connectivity index (χ0v) is 18.0. The third-order valence-corrected chi connectivity index (χ3v) is 4.02. The van der Waals surface area contributed by atoms with E-state index >= 15 is 0 Å². The lowest BCUT2D eigenvalue weighted by atomic mass is 10.1. The summed E-state index contributed by atoms with van der Waals surface area (Å²) in [5, 5.41) is 1.92. The maximum absolute atomic E-state index is 3.41. The molecule has 0 aliphatic rings. The van der Waals surface area contributed by atoms with E-state index in [0.29, 0.717) is 0 Å². The number of rotatable bonds is 2. The van der Waals surface area contributed by atoms with Crippen LogP contribution in [0.25, 0.3) is 0 Å². The van der Waals surface area contributed by atoms with Gasteiger partial charge in [0.1, 0.15) is 0 Å². The minimum absolute atomic E-state index is 0.958. The van der Waals surface area contributed by atoms with Crippen LogP contribution in [0.1, 0.15) is 49.9 Å². The number of aryl methyl sites for hydroxylation is 2. The lowest BCUT2D eigenvalue weighted by Gasteiger charge is -1.97. The van der Waals surface area contributed by atoms with Gasteiger partial charge in [0.15, 0.2) is 0 Å². The van der Waals surface area contributed by atoms with Crippen molar-refractivity contribution in [1.29, 1.82) is 0 Å². The maximum Gasteiger partial charge on any atom is 0.0285 e. The zero-order valence-electron chi connectivity index (χ0n) is 14.8. The van der Waals surface area contributed by atoms with Crippen LogP contribution >= 0.6 is 31.9 Å². The molecule has 0 radical (unpaired) electrons. The van der Waals surface area contributed by atoms with Crippen molar-refractivity contribution in [3.63, 3.8) is 0 Å². The molecule has 2 aromatic carbocycles. The van der Waals surface area contributed by atoms with Gasteiger partial charge < -0.3 is 0 Å². The normalized spacial score (nSPS) is 8.36. The SMILES string of the molecule is CC.CC.Cc1ccccc1CBr.Cc1ccccc1CBr. The second-order valence-electron chi connectivity index (χ2n) is 4.12. The van der Waals surface area contributed by atoms with Crippen LogP contribution in [0.15, 0.2) is 48.5 Å². The van der Waals surface area contributed by atoms with Gasteiger partial charge in [-0.05, 0) is 36.1 Å². The molecule has 2 rings (SSSR count). The molecular weight excluding hydrogens is 400 g/mol. The van der Waals surface area contributed by atoms with Crippen LogP contribution in [0.5, 0.6) is 0 Å². The van der Waals surface area contributed by atoms with Crippen molar-refractivity contribution in [2.75, 3.05) is 0 Å². The Bertz CT molecular complexity index is 433. The van der Waals surface area contributed by atoms with Crippen LogP contribution in [-0.4, -0.2) is 0 Å². The fraction of sp³-hybridized carbons (Fsp3) is 0.400. The van der Waals surface area contributed by atoms with Crippen LogP contribution in [-0.2, 0) is 10.7 Å². The molecule has 2 aromatic rings. The van der Waals surface area contributed by atoms with E-state index in [4.69, 9.17) is 0 Å². The summed E-state index contributed by atoms with van der Waals surface area (Å²) in [5.41, 5.74) is 5.46. The molecule has 0 bridgehead atoms. The second kappa shape index (κ2) is 16.8. The van der Waals surface area contributed by atoms with Gasteiger partial charge in [0.25, 0.3) is 0 Å². The maximum atomic E-state index is 3.41. The van der Waals surface area contributed by atoms with E-state index in [-0.39, 0.29) is 0 Å². The molecule has 0 spiro atoms. The molecule has 22 heavy (non-hydrogen) atoms. The standard InChI is InChI=1S/2C8H9Br.2C2H6/c2*1-7-4-2-3-5-8(7)6-9;2*1-2/h2*2-5H,6H2,1H3;2*1-2H3. The Balaban J connectivity index is 0. The van der Waals surface area contributed by atoms with Gasteiger partial charge in [-0.2, -0.15) is 0 Å². The van der Waals surface area contributed by atoms with Gasteiger partial charge in [-0.3, -0.25) is 0 Å². The van der Waals surface area contributed by atoms with Gasteiger partial charge in [-0.15, -0.1) is 0 Å². The number of hydrogen-bond donors (Lipinski definition) is 0. The quantitative estimate of drug-likeness (QED) is 0.426. The Morgan fingerprint density at radius 3 is 1.05 bits per heavy atom. The highest BCUT2D eigenvalue weighted by Gasteiger charge is 1.91. The van der Waals surface area contributed by atoms with E-state index in [2.05, 4.69) is 94.2 Å². The molecule has 0 atom stereocenters. The van der Waals surface area contributed by atoms with Crippen molar-refractivity contribution < 1.29 is 0 Å². The number of benzene rings is 2. The largest absolute Gasteiger partial charge is 0.0876 e. The molecule has 0 aliphatic heterocycles. The summed E-state index contributed by atoms with van der Waals surface area (Å²) in [6, 6.07) is 16.7. The number of alkyl halides is 2. The Kier molecular flexibility index (Phi) is 18.0. The minimum atomic E-state index is 0.958. The van der Waals surface area contributed by atoms with Crippen molar-refractivity contribution in [2.45, 2.75) is 52.2 Å². The highest BCUT2D eigenvalue weighted by atomic mass is 79.9. The minimum Gasteiger partial charge on any atom is -0.0876 e. The fourth-order valence-electron chi connectivity index (χ4n) is 1.52. The average Bonchev–Trinajstić information content (AvgIpc) is 2.60. The average molecular weight is 430 g/mol. The molecule has 124 valence electrons. The molecule has 2 heteroatoms. The second-order valence-corrected chi connectivity index (χ2v) is 5.24. The van der Waals surface area contributed by atoms with E-state index in [1.165, 1.54) is 22.3 Å². The van der Waals surface area contributed by atoms with Gasteiger partial charge in [0, 0.05) is 10.7 Å². The molecule has 0 aromatic heterocycles. The molecule has 0 fully saturated rings. The Morgan fingerprint density at radius 2 is 0.864 bits per heavy atom. The van der Waals surface area contributed by atoms with E-state index in [0.717, 1.165) is 10.7 Å². The van der Waals surface area contributed by atoms with Gasteiger partial charge in [0.2, 0.25) is 0 Å². The smallest absolute Gasteiger partial charge is 0.0285 e. The summed E-state index contributed by atoms with van der Waals surface area (Å²) in [4.78, 5) is 0. The molecule has 0 nitrogen and oxygen atoms in total. The molecule has 0 heterocycles. The monoisotopic (exact) mass is 428 g/mol. The molecule has 0 N–H and O–H groups in total. The highest BCUT2D eigenvalue weighted by molar-refractivity contribution is 9.08. The van der Waals surface area contributed by atoms with Crippen LogP contribution in [0, 0.1) is 13.8 Å². The molecule has 0 unspecified atom stereocenters. The van der Waals surface area contributed by atoms with Crippen molar-refractivity contribution >= 4 is 31.9 Å². The van der Waals surface area contributed by atoms with E-state index in [1.54, 1.807) is 0 Å². The first-order chi connectivity index (χ1) is 10.7. The van der Waals surface area contributed by atoms with Crippen molar-refractivity contribution in [1.82, 2.24) is 0 Å². The Morgan fingerprint density at radius 1 is 0.591 bits per heavy atom. The third kappa shape index (κ3) is 10.2. The van der Waals surface area contributed by atoms with Crippen LogP contribution < -0.4 is 0 Å². The van der Waals surface area contributed by atoms with Crippen molar-refractivity contribution in [2.24, 2.45) is 0 Å². The summed E-state index contributed by atoms with van der Waals surface area (Å²) in [6.45, 7) is 12.2. The summed E-state index contributed by atoms with van der Waals surface area (Å²) < 4.78 is 0. The molecular formula is C20H30Br2. The van der Waals surface area contributed by atoms with Crippen LogP contribution in [0.2, 0.25) is 0 Å². The predicted octanol–water partition coefficient (Wildman–Crippen LogP) is 7.83. The Hall–Kier alpha value is -0.600.